The Kier molecular flexibility index (Phi) is 2.51. The van der Waals surface area contributed by atoms with Crippen LogP contribution in [0.3, 0.4) is 0 Å². The first kappa shape index (κ1) is 10.2. The molecule has 0 aromatic heterocycles. The average Bonchev–Trinajstić information content (AvgIpc) is 2.23. The summed E-state index contributed by atoms with van der Waals surface area (Å²) in [5.41, 5.74) is 3.08. The highest BCUT2D eigenvalue weighted by molar-refractivity contribution is 6.04. The number of carbonyl (C=O) groups is 1. The number of rotatable bonds is 1. The fourth-order valence-electron chi connectivity index (χ4n) is 1.90. The summed E-state index contributed by atoms with van der Waals surface area (Å²) in [7, 11) is 0. The van der Waals surface area contributed by atoms with E-state index >= 15 is 0 Å². The van der Waals surface area contributed by atoms with Crippen LogP contribution in [0, 0.1) is 5.92 Å². The molecule has 0 amide bonds. The SMILES string of the molecule is CC1CNc2ccc(C(C)C)cc2C1=O. The van der Waals surface area contributed by atoms with Crippen molar-refractivity contribution in [3.63, 3.8) is 0 Å². The van der Waals surface area contributed by atoms with Gasteiger partial charge in [0.1, 0.15) is 0 Å². The van der Waals surface area contributed by atoms with E-state index in [1.54, 1.807) is 0 Å². The zero-order chi connectivity index (χ0) is 11.0. The lowest BCUT2D eigenvalue weighted by Crippen LogP contribution is -2.27. The Balaban J connectivity index is 2.46. The van der Waals surface area contributed by atoms with E-state index in [2.05, 4.69) is 25.2 Å². The summed E-state index contributed by atoms with van der Waals surface area (Å²) < 4.78 is 0. The summed E-state index contributed by atoms with van der Waals surface area (Å²) in [6, 6.07) is 6.15. The van der Waals surface area contributed by atoms with Gasteiger partial charge in [0.15, 0.2) is 5.78 Å². The van der Waals surface area contributed by atoms with Crippen molar-refractivity contribution in [2.75, 3.05) is 11.9 Å². The van der Waals surface area contributed by atoms with E-state index in [9.17, 15) is 4.79 Å². The molecule has 1 aromatic carbocycles. The van der Waals surface area contributed by atoms with Gasteiger partial charge in [-0.25, -0.2) is 0 Å². The predicted molar refractivity (Wildman–Crippen MR) is 62.5 cm³/mol. The topological polar surface area (TPSA) is 29.1 Å². The summed E-state index contributed by atoms with van der Waals surface area (Å²) in [6.07, 6.45) is 0. The van der Waals surface area contributed by atoms with Gasteiger partial charge in [-0.1, -0.05) is 26.8 Å². The number of carbonyl (C=O) groups excluding carboxylic acids is 1. The number of Topliss-reactive ketones (excluding diaryl/α,β-unsaturated/α-hetero) is 1. The van der Waals surface area contributed by atoms with Crippen molar-refractivity contribution in [3.05, 3.63) is 29.3 Å². The molecule has 0 radical (unpaired) electrons. The van der Waals surface area contributed by atoms with Gasteiger partial charge in [0, 0.05) is 23.7 Å². The lowest BCUT2D eigenvalue weighted by Gasteiger charge is -2.23. The molecule has 1 aliphatic heterocycles. The Morgan fingerprint density at radius 1 is 1.40 bits per heavy atom. The quantitative estimate of drug-likeness (QED) is 0.760. The minimum absolute atomic E-state index is 0.0971. The van der Waals surface area contributed by atoms with E-state index in [-0.39, 0.29) is 11.7 Å². The summed E-state index contributed by atoms with van der Waals surface area (Å²) in [5, 5.41) is 3.29. The fraction of sp³-hybridized carbons (Fsp3) is 0.462. The minimum Gasteiger partial charge on any atom is -0.384 e. The number of hydrogen-bond acceptors (Lipinski definition) is 2. The Bertz CT molecular complexity index is 396. The molecule has 1 aliphatic rings. The molecule has 80 valence electrons. The van der Waals surface area contributed by atoms with E-state index in [1.165, 1.54) is 5.56 Å². The van der Waals surface area contributed by atoms with E-state index in [1.807, 2.05) is 19.1 Å². The monoisotopic (exact) mass is 203 g/mol. The van der Waals surface area contributed by atoms with Crippen molar-refractivity contribution in [1.29, 1.82) is 0 Å². The van der Waals surface area contributed by atoms with Crippen molar-refractivity contribution in [3.8, 4) is 0 Å². The van der Waals surface area contributed by atoms with Gasteiger partial charge in [-0.2, -0.15) is 0 Å². The molecule has 2 heteroatoms. The molecule has 1 heterocycles. The van der Waals surface area contributed by atoms with Crippen LogP contribution in [0.1, 0.15) is 42.6 Å². The smallest absolute Gasteiger partial charge is 0.169 e. The van der Waals surface area contributed by atoms with Crippen LogP contribution >= 0.6 is 0 Å². The number of nitrogens with one attached hydrogen (secondary N) is 1. The summed E-state index contributed by atoms with van der Waals surface area (Å²) in [4.78, 5) is 12.0. The molecule has 1 N–H and O–H groups in total. The van der Waals surface area contributed by atoms with E-state index < -0.39 is 0 Å². The normalized spacial score (nSPS) is 20.0. The van der Waals surface area contributed by atoms with Gasteiger partial charge in [0.05, 0.1) is 0 Å². The third-order valence-corrected chi connectivity index (χ3v) is 3.02. The number of benzene rings is 1. The van der Waals surface area contributed by atoms with Gasteiger partial charge in [-0.3, -0.25) is 4.79 Å². The van der Waals surface area contributed by atoms with Crippen molar-refractivity contribution >= 4 is 11.5 Å². The molecule has 0 fully saturated rings. The second-order valence-electron chi connectivity index (χ2n) is 4.61. The second-order valence-corrected chi connectivity index (χ2v) is 4.61. The van der Waals surface area contributed by atoms with Crippen LogP contribution in [0.15, 0.2) is 18.2 Å². The van der Waals surface area contributed by atoms with Gasteiger partial charge in [-0.05, 0) is 23.6 Å². The predicted octanol–water partition coefficient (Wildman–Crippen LogP) is 3.05. The van der Waals surface area contributed by atoms with Crippen LogP contribution in [0.5, 0.6) is 0 Å². The highest BCUT2D eigenvalue weighted by atomic mass is 16.1. The first-order valence-corrected chi connectivity index (χ1v) is 5.51. The van der Waals surface area contributed by atoms with Crippen LogP contribution in [-0.2, 0) is 0 Å². The summed E-state index contributed by atoms with van der Waals surface area (Å²) in [5.74, 6) is 0.839. The maximum Gasteiger partial charge on any atom is 0.169 e. The van der Waals surface area contributed by atoms with Gasteiger partial charge < -0.3 is 5.32 Å². The summed E-state index contributed by atoms with van der Waals surface area (Å²) >= 11 is 0. The number of ketones is 1. The summed E-state index contributed by atoms with van der Waals surface area (Å²) in [6.45, 7) is 7.02. The molecule has 1 atom stereocenters. The molecule has 0 aliphatic carbocycles. The molecule has 2 nitrogen and oxygen atoms in total. The lowest BCUT2D eigenvalue weighted by atomic mass is 9.90. The average molecular weight is 203 g/mol. The van der Waals surface area contributed by atoms with Crippen LogP contribution in [0.4, 0.5) is 5.69 Å². The van der Waals surface area contributed by atoms with Gasteiger partial charge >= 0.3 is 0 Å². The largest absolute Gasteiger partial charge is 0.384 e. The van der Waals surface area contributed by atoms with Crippen LogP contribution in [0.25, 0.3) is 0 Å². The van der Waals surface area contributed by atoms with E-state index in [4.69, 9.17) is 0 Å². The Morgan fingerprint density at radius 3 is 2.80 bits per heavy atom. The molecule has 1 unspecified atom stereocenters. The first-order valence-electron chi connectivity index (χ1n) is 5.51. The molecule has 0 saturated heterocycles. The molecular weight excluding hydrogens is 186 g/mol. The van der Waals surface area contributed by atoms with Crippen LogP contribution in [0.2, 0.25) is 0 Å². The van der Waals surface area contributed by atoms with Crippen molar-refractivity contribution < 1.29 is 4.79 Å². The molecule has 1 aromatic rings. The lowest BCUT2D eigenvalue weighted by molar-refractivity contribution is 0.0932. The van der Waals surface area contributed by atoms with Crippen molar-refractivity contribution in [2.24, 2.45) is 5.92 Å². The Morgan fingerprint density at radius 2 is 2.13 bits per heavy atom. The zero-order valence-corrected chi connectivity index (χ0v) is 9.50. The van der Waals surface area contributed by atoms with Crippen LogP contribution < -0.4 is 5.32 Å². The maximum absolute atomic E-state index is 12.0. The third kappa shape index (κ3) is 1.76. The van der Waals surface area contributed by atoms with E-state index in [0.29, 0.717) is 5.92 Å². The standard InChI is InChI=1S/C13H17NO/c1-8(2)10-4-5-12-11(6-10)13(15)9(3)7-14-12/h4-6,8-9,14H,7H2,1-3H3. The van der Waals surface area contributed by atoms with Crippen LogP contribution in [-0.4, -0.2) is 12.3 Å². The highest BCUT2D eigenvalue weighted by Crippen LogP contribution is 2.28. The molecular formula is C13H17NO. The third-order valence-electron chi connectivity index (χ3n) is 3.02. The number of fused-ring (bicyclic) bond motifs is 1. The van der Waals surface area contributed by atoms with Gasteiger partial charge in [0.2, 0.25) is 0 Å². The van der Waals surface area contributed by atoms with Gasteiger partial charge in [-0.15, -0.1) is 0 Å². The van der Waals surface area contributed by atoms with Crippen molar-refractivity contribution in [2.45, 2.75) is 26.7 Å². The molecule has 15 heavy (non-hydrogen) atoms. The Hall–Kier alpha value is -1.31. The Labute approximate surface area is 90.7 Å². The van der Waals surface area contributed by atoms with E-state index in [0.717, 1.165) is 17.8 Å². The number of hydrogen-bond donors (Lipinski definition) is 1. The first-order chi connectivity index (χ1) is 7.09. The van der Waals surface area contributed by atoms with Gasteiger partial charge in [0.25, 0.3) is 0 Å². The van der Waals surface area contributed by atoms with Crippen molar-refractivity contribution in [1.82, 2.24) is 0 Å². The number of anilines is 1. The maximum atomic E-state index is 12.0. The molecule has 0 bridgehead atoms. The highest BCUT2D eigenvalue weighted by Gasteiger charge is 2.23. The minimum atomic E-state index is 0.0971. The molecule has 2 rings (SSSR count). The molecule has 0 spiro atoms. The zero-order valence-electron chi connectivity index (χ0n) is 9.50. The molecule has 0 saturated carbocycles. The second kappa shape index (κ2) is 3.69. The fourth-order valence-corrected chi connectivity index (χ4v) is 1.90.